The maximum absolute atomic E-state index is 4.30. The molecule has 0 atom stereocenters. The third-order valence-corrected chi connectivity index (χ3v) is 3.24. The number of nitrogens with zero attached hydrogens (tertiary/aromatic N) is 4. The maximum Gasteiger partial charge on any atom is 0.225 e. The molecular formula is C13H23N5. The van der Waals surface area contributed by atoms with Crippen LogP contribution in [0.15, 0.2) is 18.5 Å². The number of anilines is 1. The molecule has 1 saturated heterocycles. The first-order valence-electron chi connectivity index (χ1n) is 6.85. The molecule has 0 saturated carbocycles. The molecule has 1 N–H and O–H groups in total. The lowest BCUT2D eigenvalue weighted by atomic mass is 10.3. The fraction of sp³-hybridized carbons (Fsp3) is 0.692. The largest absolute Gasteiger partial charge is 0.338 e. The number of rotatable bonds is 6. The molecule has 0 bridgehead atoms. The molecule has 100 valence electrons. The average Bonchev–Trinajstić information content (AvgIpc) is 2.45. The second kappa shape index (κ2) is 7.28. The minimum atomic E-state index is 0.862. The van der Waals surface area contributed by atoms with E-state index in [0.717, 1.165) is 51.8 Å². The van der Waals surface area contributed by atoms with Crippen molar-refractivity contribution in [1.29, 1.82) is 0 Å². The Kier molecular flexibility index (Phi) is 5.36. The minimum Gasteiger partial charge on any atom is -0.338 e. The lowest BCUT2D eigenvalue weighted by molar-refractivity contribution is 0.256. The molecule has 0 radical (unpaired) electrons. The van der Waals surface area contributed by atoms with Gasteiger partial charge in [-0.05, 0) is 19.0 Å². The van der Waals surface area contributed by atoms with E-state index in [9.17, 15) is 0 Å². The summed E-state index contributed by atoms with van der Waals surface area (Å²) >= 11 is 0. The van der Waals surface area contributed by atoms with E-state index in [1.54, 1.807) is 0 Å². The van der Waals surface area contributed by atoms with Crippen LogP contribution in [-0.4, -0.2) is 60.7 Å². The summed E-state index contributed by atoms with van der Waals surface area (Å²) in [5.74, 6) is 0.862. The van der Waals surface area contributed by atoms with Gasteiger partial charge >= 0.3 is 0 Å². The van der Waals surface area contributed by atoms with Crippen LogP contribution in [0.3, 0.4) is 0 Å². The van der Waals surface area contributed by atoms with Gasteiger partial charge in [-0.3, -0.25) is 4.90 Å². The minimum absolute atomic E-state index is 0.862. The molecule has 0 amide bonds. The molecule has 1 aromatic rings. The highest BCUT2D eigenvalue weighted by molar-refractivity contribution is 5.29. The van der Waals surface area contributed by atoms with E-state index in [1.165, 1.54) is 6.42 Å². The molecule has 0 unspecified atom stereocenters. The van der Waals surface area contributed by atoms with Crippen LogP contribution in [-0.2, 0) is 0 Å². The van der Waals surface area contributed by atoms with Crippen molar-refractivity contribution < 1.29 is 0 Å². The van der Waals surface area contributed by atoms with E-state index < -0.39 is 0 Å². The molecule has 2 rings (SSSR count). The summed E-state index contributed by atoms with van der Waals surface area (Å²) in [6.45, 7) is 9.82. The van der Waals surface area contributed by atoms with Gasteiger partial charge in [0.05, 0.1) is 0 Å². The first-order chi connectivity index (χ1) is 8.90. The number of piperazine rings is 1. The molecule has 18 heavy (non-hydrogen) atoms. The van der Waals surface area contributed by atoms with Gasteiger partial charge in [-0.15, -0.1) is 0 Å². The Labute approximate surface area is 109 Å². The van der Waals surface area contributed by atoms with Gasteiger partial charge in [-0.1, -0.05) is 6.92 Å². The van der Waals surface area contributed by atoms with Gasteiger partial charge in [0, 0.05) is 51.7 Å². The summed E-state index contributed by atoms with van der Waals surface area (Å²) in [5.41, 5.74) is 0. The molecule has 0 aromatic carbocycles. The zero-order valence-electron chi connectivity index (χ0n) is 11.2. The third kappa shape index (κ3) is 3.92. The van der Waals surface area contributed by atoms with Crippen LogP contribution < -0.4 is 10.2 Å². The SMILES string of the molecule is CCCNCCN1CCN(c2ncccn2)CC1. The first kappa shape index (κ1) is 13.2. The quantitative estimate of drug-likeness (QED) is 0.748. The predicted octanol–water partition coefficient (Wildman–Crippen LogP) is 0.598. The monoisotopic (exact) mass is 249 g/mol. The summed E-state index contributed by atoms with van der Waals surface area (Å²) < 4.78 is 0. The highest BCUT2D eigenvalue weighted by atomic mass is 15.3. The Morgan fingerprint density at radius 3 is 2.50 bits per heavy atom. The Bertz CT molecular complexity index is 321. The standard InChI is InChI=1S/C13H23N5/c1-2-4-14-7-8-17-9-11-18(12-10-17)13-15-5-3-6-16-13/h3,5-6,14H,2,4,7-12H2,1H3. The van der Waals surface area contributed by atoms with E-state index in [0.29, 0.717) is 0 Å². The lowest BCUT2D eigenvalue weighted by Gasteiger charge is -2.34. The molecule has 2 heterocycles. The molecule has 0 aliphatic carbocycles. The topological polar surface area (TPSA) is 44.3 Å². The molecule has 1 aliphatic heterocycles. The highest BCUT2D eigenvalue weighted by Crippen LogP contribution is 2.08. The zero-order chi connectivity index (χ0) is 12.6. The van der Waals surface area contributed by atoms with E-state index >= 15 is 0 Å². The zero-order valence-corrected chi connectivity index (χ0v) is 11.2. The smallest absolute Gasteiger partial charge is 0.225 e. The van der Waals surface area contributed by atoms with Crippen molar-refractivity contribution in [3.63, 3.8) is 0 Å². The van der Waals surface area contributed by atoms with Crippen molar-refractivity contribution in [2.45, 2.75) is 13.3 Å². The fourth-order valence-corrected chi connectivity index (χ4v) is 2.16. The first-order valence-corrected chi connectivity index (χ1v) is 6.85. The van der Waals surface area contributed by atoms with Gasteiger partial charge in [-0.25, -0.2) is 9.97 Å². The summed E-state index contributed by atoms with van der Waals surface area (Å²) in [5, 5.41) is 3.45. The van der Waals surface area contributed by atoms with Gasteiger partial charge < -0.3 is 10.2 Å². The number of nitrogens with one attached hydrogen (secondary N) is 1. The van der Waals surface area contributed by atoms with Crippen molar-refractivity contribution in [2.24, 2.45) is 0 Å². The maximum atomic E-state index is 4.30. The van der Waals surface area contributed by atoms with Crippen LogP contribution in [0.4, 0.5) is 5.95 Å². The van der Waals surface area contributed by atoms with Gasteiger partial charge in [0.2, 0.25) is 5.95 Å². The fourth-order valence-electron chi connectivity index (χ4n) is 2.16. The van der Waals surface area contributed by atoms with Crippen LogP contribution in [0.2, 0.25) is 0 Å². The lowest BCUT2D eigenvalue weighted by Crippen LogP contribution is -2.48. The van der Waals surface area contributed by atoms with Gasteiger partial charge in [0.25, 0.3) is 0 Å². The Morgan fingerprint density at radius 1 is 1.11 bits per heavy atom. The molecule has 1 aliphatic rings. The average molecular weight is 249 g/mol. The van der Waals surface area contributed by atoms with Crippen molar-refractivity contribution in [3.05, 3.63) is 18.5 Å². The summed E-state index contributed by atoms with van der Waals surface area (Å²) in [6.07, 6.45) is 4.83. The van der Waals surface area contributed by atoms with E-state index in [-0.39, 0.29) is 0 Å². The molecule has 0 spiro atoms. The Balaban J connectivity index is 1.68. The molecule has 1 fully saturated rings. The number of hydrogen-bond donors (Lipinski definition) is 1. The van der Waals surface area contributed by atoms with Crippen LogP contribution in [0, 0.1) is 0 Å². The molecule has 1 aromatic heterocycles. The van der Waals surface area contributed by atoms with E-state index in [4.69, 9.17) is 0 Å². The Hall–Kier alpha value is -1.20. The summed E-state index contributed by atoms with van der Waals surface area (Å²) in [4.78, 5) is 13.4. The van der Waals surface area contributed by atoms with E-state index in [1.807, 2.05) is 18.5 Å². The van der Waals surface area contributed by atoms with Gasteiger partial charge in [0.15, 0.2) is 0 Å². The number of hydrogen-bond acceptors (Lipinski definition) is 5. The second-order valence-electron chi connectivity index (χ2n) is 4.63. The van der Waals surface area contributed by atoms with Gasteiger partial charge in [-0.2, -0.15) is 0 Å². The summed E-state index contributed by atoms with van der Waals surface area (Å²) in [7, 11) is 0. The van der Waals surface area contributed by atoms with Crippen LogP contribution in [0.5, 0.6) is 0 Å². The normalized spacial score (nSPS) is 17.1. The summed E-state index contributed by atoms with van der Waals surface area (Å²) in [6, 6.07) is 1.86. The van der Waals surface area contributed by atoms with Crippen LogP contribution in [0.1, 0.15) is 13.3 Å². The molecule has 5 heteroatoms. The van der Waals surface area contributed by atoms with E-state index in [2.05, 4.69) is 32.0 Å². The molecular weight excluding hydrogens is 226 g/mol. The molecule has 5 nitrogen and oxygen atoms in total. The van der Waals surface area contributed by atoms with Crippen LogP contribution in [0.25, 0.3) is 0 Å². The third-order valence-electron chi connectivity index (χ3n) is 3.24. The van der Waals surface area contributed by atoms with Gasteiger partial charge in [0.1, 0.15) is 0 Å². The number of aromatic nitrogens is 2. The van der Waals surface area contributed by atoms with Crippen molar-refractivity contribution in [2.75, 3.05) is 50.7 Å². The predicted molar refractivity (Wildman–Crippen MR) is 73.8 cm³/mol. The van der Waals surface area contributed by atoms with Crippen molar-refractivity contribution in [1.82, 2.24) is 20.2 Å². The van der Waals surface area contributed by atoms with Crippen LogP contribution >= 0.6 is 0 Å². The van der Waals surface area contributed by atoms with Crippen molar-refractivity contribution >= 4 is 5.95 Å². The highest BCUT2D eigenvalue weighted by Gasteiger charge is 2.17. The Morgan fingerprint density at radius 2 is 1.83 bits per heavy atom. The van der Waals surface area contributed by atoms with Crippen molar-refractivity contribution in [3.8, 4) is 0 Å². The second-order valence-corrected chi connectivity index (χ2v) is 4.63.